The second-order valence-electron chi connectivity index (χ2n) is 6.57. The van der Waals surface area contributed by atoms with Crippen molar-refractivity contribution >= 4 is 0 Å². The zero-order valence-corrected chi connectivity index (χ0v) is 10.9. The summed E-state index contributed by atoms with van der Waals surface area (Å²) in [6.07, 6.45) is 4.07. The van der Waals surface area contributed by atoms with Gasteiger partial charge in [-0.05, 0) is 48.6 Å². The molecule has 0 spiro atoms. The van der Waals surface area contributed by atoms with Gasteiger partial charge in [-0.15, -0.1) is 0 Å². The fourth-order valence-corrected chi connectivity index (χ4v) is 3.02. The van der Waals surface area contributed by atoms with E-state index in [4.69, 9.17) is 0 Å². The maximum Gasteiger partial charge on any atom is 0.00788 e. The van der Waals surface area contributed by atoms with Gasteiger partial charge in [0.15, 0.2) is 0 Å². The summed E-state index contributed by atoms with van der Waals surface area (Å²) in [6, 6.07) is 11.7. The first-order valence-corrected chi connectivity index (χ1v) is 6.93. The van der Waals surface area contributed by atoms with Crippen molar-refractivity contribution in [3.8, 4) is 0 Å². The number of hydrogen-bond donors (Lipinski definition) is 1. The zero-order valence-electron chi connectivity index (χ0n) is 10.9. The third-order valence-electron chi connectivity index (χ3n) is 4.78. The second-order valence-corrected chi connectivity index (χ2v) is 6.57. The van der Waals surface area contributed by atoms with Crippen LogP contribution >= 0.6 is 0 Å². The van der Waals surface area contributed by atoms with Crippen LogP contribution in [-0.2, 0) is 0 Å². The minimum Gasteiger partial charge on any atom is -0.314 e. The molecule has 1 nitrogen and oxygen atoms in total. The van der Waals surface area contributed by atoms with Crippen molar-refractivity contribution in [3.63, 3.8) is 0 Å². The fraction of sp³-hybridized carbons (Fsp3) is 0.625. The normalized spacial score (nSPS) is 34.1. The van der Waals surface area contributed by atoms with Gasteiger partial charge in [0.2, 0.25) is 0 Å². The van der Waals surface area contributed by atoms with E-state index in [0.29, 0.717) is 5.41 Å². The Kier molecular flexibility index (Phi) is 2.74. The standard InChI is InChI=1S/C16H23N/c1-16(2)10-14(16)11-17-15-8-13(9-15)12-6-4-3-5-7-12/h3-7,13-15,17H,8-11H2,1-2H3. The third kappa shape index (κ3) is 2.40. The third-order valence-corrected chi connectivity index (χ3v) is 4.78. The van der Waals surface area contributed by atoms with Gasteiger partial charge in [-0.3, -0.25) is 0 Å². The lowest BCUT2D eigenvalue weighted by Crippen LogP contribution is -2.41. The Morgan fingerprint density at radius 1 is 1.18 bits per heavy atom. The molecule has 1 aromatic rings. The molecule has 2 aliphatic rings. The summed E-state index contributed by atoms with van der Waals surface area (Å²) in [7, 11) is 0. The summed E-state index contributed by atoms with van der Waals surface area (Å²) in [6.45, 7) is 6.00. The van der Waals surface area contributed by atoms with Gasteiger partial charge < -0.3 is 5.32 Å². The van der Waals surface area contributed by atoms with E-state index in [1.54, 1.807) is 0 Å². The summed E-state index contributed by atoms with van der Waals surface area (Å²) >= 11 is 0. The maximum absolute atomic E-state index is 3.74. The minimum atomic E-state index is 0.621. The predicted octanol–water partition coefficient (Wildman–Crippen LogP) is 3.57. The molecular weight excluding hydrogens is 206 g/mol. The van der Waals surface area contributed by atoms with E-state index in [0.717, 1.165) is 17.9 Å². The van der Waals surface area contributed by atoms with Gasteiger partial charge in [0.25, 0.3) is 0 Å². The molecule has 1 unspecified atom stereocenters. The molecular formula is C16H23N. The summed E-state index contributed by atoms with van der Waals surface area (Å²) in [5.41, 5.74) is 2.15. The van der Waals surface area contributed by atoms with Crippen LogP contribution in [0, 0.1) is 11.3 Å². The molecule has 0 amide bonds. The molecule has 17 heavy (non-hydrogen) atoms. The monoisotopic (exact) mass is 229 g/mol. The van der Waals surface area contributed by atoms with Gasteiger partial charge in [-0.2, -0.15) is 0 Å². The number of rotatable bonds is 4. The highest BCUT2D eigenvalue weighted by Crippen LogP contribution is 2.51. The SMILES string of the molecule is CC1(C)CC1CNC1CC(c2ccccc2)C1. The molecule has 1 atom stereocenters. The van der Waals surface area contributed by atoms with Crippen LogP contribution in [-0.4, -0.2) is 12.6 Å². The highest BCUT2D eigenvalue weighted by atomic mass is 14.9. The van der Waals surface area contributed by atoms with E-state index in [-0.39, 0.29) is 0 Å². The molecule has 2 aliphatic carbocycles. The Bertz CT molecular complexity index is 376. The molecule has 0 radical (unpaired) electrons. The molecule has 1 aromatic carbocycles. The first-order chi connectivity index (χ1) is 8.15. The van der Waals surface area contributed by atoms with Crippen molar-refractivity contribution < 1.29 is 0 Å². The Labute approximate surface area is 105 Å². The van der Waals surface area contributed by atoms with Crippen molar-refractivity contribution in [3.05, 3.63) is 35.9 Å². The van der Waals surface area contributed by atoms with Crippen LogP contribution in [0.5, 0.6) is 0 Å². The number of benzene rings is 1. The van der Waals surface area contributed by atoms with Crippen molar-refractivity contribution in [2.75, 3.05) is 6.54 Å². The van der Waals surface area contributed by atoms with Crippen molar-refractivity contribution in [1.82, 2.24) is 5.32 Å². The van der Waals surface area contributed by atoms with Gasteiger partial charge in [-0.1, -0.05) is 44.2 Å². The van der Waals surface area contributed by atoms with E-state index >= 15 is 0 Å². The summed E-state index contributed by atoms with van der Waals surface area (Å²) < 4.78 is 0. The smallest absolute Gasteiger partial charge is 0.00788 e. The molecule has 0 saturated heterocycles. The summed E-state index contributed by atoms with van der Waals surface area (Å²) in [5, 5.41) is 3.74. The van der Waals surface area contributed by atoms with Gasteiger partial charge in [0.05, 0.1) is 0 Å². The van der Waals surface area contributed by atoms with Crippen molar-refractivity contribution in [2.24, 2.45) is 11.3 Å². The molecule has 1 heteroatoms. The van der Waals surface area contributed by atoms with E-state index in [1.807, 2.05) is 0 Å². The Morgan fingerprint density at radius 3 is 2.41 bits per heavy atom. The fourth-order valence-electron chi connectivity index (χ4n) is 3.02. The van der Waals surface area contributed by atoms with Crippen LogP contribution in [0.25, 0.3) is 0 Å². The van der Waals surface area contributed by atoms with Gasteiger partial charge in [-0.25, -0.2) is 0 Å². The Balaban J connectivity index is 1.41. The lowest BCUT2D eigenvalue weighted by molar-refractivity contribution is 0.284. The second kappa shape index (κ2) is 4.13. The minimum absolute atomic E-state index is 0.621. The van der Waals surface area contributed by atoms with Crippen LogP contribution in [0.4, 0.5) is 0 Å². The van der Waals surface area contributed by atoms with Gasteiger partial charge in [0.1, 0.15) is 0 Å². The largest absolute Gasteiger partial charge is 0.314 e. The van der Waals surface area contributed by atoms with E-state index in [1.165, 1.54) is 31.4 Å². The molecule has 3 rings (SSSR count). The molecule has 0 bridgehead atoms. The molecule has 1 N–H and O–H groups in total. The zero-order chi connectivity index (χ0) is 11.9. The van der Waals surface area contributed by atoms with E-state index < -0.39 is 0 Å². The molecule has 2 fully saturated rings. The van der Waals surface area contributed by atoms with Crippen molar-refractivity contribution in [1.29, 1.82) is 0 Å². The maximum atomic E-state index is 3.74. The van der Waals surface area contributed by atoms with Crippen LogP contribution in [0.2, 0.25) is 0 Å². The first-order valence-electron chi connectivity index (χ1n) is 6.93. The van der Waals surface area contributed by atoms with Crippen molar-refractivity contribution in [2.45, 2.75) is 45.1 Å². The average Bonchev–Trinajstić information content (AvgIpc) is 2.86. The van der Waals surface area contributed by atoms with Gasteiger partial charge in [0, 0.05) is 6.04 Å². The highest BCUT2D eigenvalue weighted by molar-refractivity contribution is 5.22. The lowest BCUT2D eigenvalue weighted by atomic mass is 9.76. The number of nitrogens with one attached hydrogen (secondary N) is 1. The van der Waals surface area contributed by atoms with Crippen LogP contribution in [0.3, 0.4) is 0 Å². The Hall–Kier alpha value is -0.820. The molecule has 0 aliphatic heterocycles. The first kappa shape index (κ1) is 11.3. The van der Waals surface area contributed by atoms with Crippen LogP contribution in [0.1, 0.15) is 44.6 Å². The van der Waals surface area contributed by atoms with E-state index in [9.17, 15) is 0 Å². The molecule has 92 valence electrons. The average molecular weight is 229 g/mol. The molecule has 0 heterocycles. The van der Waals surface area contributed by atoms with E-state index in [2.05, 4.69) is 49.5 Å². The lowest BCUT2D eigenvalue weighted by Gasteiger charge is -2.36. The molecule has 0 aromatic heterocycles. The predicted molar refractivity (Wildman–Crippen MR) is 72.1 cm³/mol. The highest BCUT2D eigenvalue weighted by Gasteiger charge is 2.45. The summed E-state index contributed by atoms with van der Waals surface area (Å²) in [5.74, 6) is 1.74. The van der Waals surface area contributed by atoms with Gasteiger partial charge >= 0.3 is 0 Å². The topological polar surface area (TPSA) is 12.0 Å². The molecule has 2 saturated carbocycles. The van der Waals surface area contributed by atoms with Crippen LogP contribution in [0.15, 0.2) is 30.3 Å². The number of hydrogen-bond acceptors (Lipinski definition) is 1. The Morgan fingerprint density at radius 2 is 1.82 bits per heavy atom. The van der Waals surface area contributed by atoms with Crippen LogP contribution < -0.4 is 5.32 Å². The summed E-state index contributed by atoms with van der Waals surface area (Å²) in [4.78, 5) is 0. The quantitative estimate of drug-likeness (QED) is 0.832.